The molecule has 1 aliphatic rings. The first-order valence-electron chi connectivity index (χ1n) is 7.02. The highest BCUT2D eigenvalue weighted by molar-refractivity contribution is 8.00. The molecule has 0 saturated heterocycles. The molecule has 0 unspecified atom stereocenters. The molecule has 5 nitrogen and oxygen atoms in total. The van der Waals surface area contributed by atoms with E-state index in [1.807, 2.05) is 31.2 Å². The van der Waals surface area contributed by atoms with Crippen LogP contribution in [-0.2, 0) is 7.05 Å². The van der Waals surface area contributed by atoms with Gasteiger partial charge in [0.05, 0.1) is 5.69 Å². The summed E-state index contributed by atoms with van der Waals surface area (Å²) in [6, 6.07) is 8.84. The van der Waals surface area contributed by atoms with E-state index in [1.165, 1.54) is 13.1 Å². The molecular weight excluding hydrogens is 324 g/mol. The standard InChI is InChI=1S/C15H15F2N3O2S/c1-9-8-20(11-5-3-4-6-12(11)23-9)14(21)10-7-13(19(2)18-10)22-15(16)17/h3-7,9,15H,8H2,1-2H3/t9-/m0/s1. The molecule has 0 fully saturated rings. The van der Waals surface area contributed by atoms with E-state index < -0.39 is 6.61 Å². The van der Waals surface area contributed by atoms with Gasteiger partial charge < -0.3 is 9.64 Å². The van der Waals surface area contributed by atoms with Gasteiger partial charge in [-0.3, -0.25) is 4.79 Å². The highest BCUT2D eigenvalue weighted by Gasteiger charge is 2.29. The van der Waals surface area contributed by atoms with E-state index in [-0.39, 0.29) is 22.7 Å². The molecule has 0 saturated carbocycles. The molecule has 1 aromatic heterocycles. The number of hydrogen-bond donors (Lipinski definition) is 0. The Kier molecular flexibility index (Phi) is 4.25. The minimum Gasteiger partial charge on any atom is -0.417 e. The number of thioether (sulfide) groups is 1. The zero-order chi connectivity index (χ0) is 16.6. The molecule has 3 rings (SSSR count). The highest BCUT2D eigenvalue weighted by atomic mass is 32.2. The Balaban J connectivity index is 1.92. The van der Waals surface area contributed by atoms with Gasteiger partial charge >= 0.3 is 6.61 Å². The summed E-state index contributed by atoms with van der Waals surface area (Å²) in [6.07, 6.45) is 0. The Labute approximate surface area is 136 Å². The summed E-state index contributed by atoms with van der Waals surface area (Å²) in [6.45, 7) is -0.396. The van der Waals surface area contributed by atoms with E-state index in [1.54, 1.807) is 16.7 Å². The Bertz CT molecular complexity index is 735. The van der Waals surface area contributed by atoms with Crippen LogP contribution >= 0.6 is 11.8 Å². The summed E-state index contributed by atoms with van der Waals surface area (Å²) in [7, 11) is 1.46. The van der Waals surface area contributed by atoms with E-state index in [9.17, 15) is 13.6 Å². The van der Waals surface area contributed by atoms with Gasteiger partial charge in [0, 0.05) is 29.8 Å². The lowest BCUT2D eigenvalue weighted by atomic mass is 10.2. The number of aryl methyl sites for hydroxylation is 1. The van der Waals surface area contributed by atoms with Crippen LogP contribution in [0.5, 0.6) is 5.88 Å². The summed E-state index contributed by atoms with van der Waals surface area (Å²) in [5.74, 6) is -0.472. The third-order valence-electron chi connectivity index (χ3n) is 3.43. The summed E-state index contributed by atoms with van der Waals surface area (Å²) in [4.78, 5) is 15.4. The van der Waals surface area contributed by atoms with Crippen molar-refractivity contribution in [3.63, 3.8) is 0 Å². The molecule has 1 amide bonds. The van der Waals surface area contributed by atoms with E-state index in [0.717, 1.165) is 15.3 Å². The largest absolute Gasteiger partial charge is 0.417 e. The first kappa shape index (κ1) is 15.8. The molecule has 0 N–H and O–H groups in total. The third kappa shape index (κ3) is 3.17. The lowest BCUT2D eigenvalue weighted by Crippen LogP contribution is -2.38. The average molecular weight is 339 g/mol. The lowest BCUT2D eigenvalue weighted by molar-refractivity contribution is -0.0553. The molecule has 2 aromatic rings. The molecule has 8 heteroatoms. The van der Waals surface area contributed by atoms with Crippen molar-refractivity contribution < 1.29 is 18.3 Å². The van der Waals surface area contributed by atoms with Crippen molar-refractivity contribution in [1.82, 2.24) is 9.78 Å². The number of alkyl halides is 2. The maximum atomic E-state index is 12.8. The zero-order valence-electron chi connectivity index (χ0n) is 12.6. The van der Waals surface area contributed by atoms with Crippen LogP contribution in [0.3, 0.4) is 0 Å². The SMILES string of the molecule is C[C@H]1CN(C(=O)c2cc(OC(F)F)n(C)n2)c2ccccc2S1. The fraction of sp³-hybridized carbons (Fsp3) is 0.333. The normalized spacial score (nSPS) is 17.3. The zero-order valence-corrected chi connectivity index (χ0v) is 13.4. The molecule has 0 spiro atoms. The Morgan fingerprint density at radius 2 is 2.17 bits per heavy atom. The van der Waals surface area contributed by atoms with Crippen molar-refractivity contribution in [2.75, 3.05) is 11.4 Å². The minimum atomic E-state index is -2.96. The number of nitrogens with zero attached hydrogens (tertiary/aromatic N) is 3. The van der Waals surface area contributed by atoms with Crippen molar-refractivity contribution in [3.05, 3.63) is 36.0 Å². The fourth-order valence-corrected chi connectivity index (χ4v) is 3.59. The van der Waals surface area contributed by atoms with Crippen LogP contribution < -0.4 is 9.64 Å². The summed E-state index contributed by atoms with van der Waals surface area (Å²) in [5.41, 5.74) is 0.889. The molecule has 1 atom stereocenters. The molecule has 0 bridgehead atoms. The number of hydrogen-bond acceptors (Lipinski definition) is 4. The number of fused-ring (bicyclic) bond motifs is 1. The first-order chi connectivity index (χ1) is 11.0. The minimum absolute atomic E-state index is 0.0806. The molecular formula is C15H15F2N3O2S. The summed E-state index contributed by atoms with van der Waals surface area (Å²) >= 11 is 1.70. The predicted octanol–water partition coefficient (Wildman–Crippen LogP) is 3.16. The number of rotatable bonds is 3. The van der Waals surface area contributed by atoms with Gasteiger partial charge in [0.15, 0.2) is 5.69 Å². The molecule has 1 aromatic carbocycles. The van der Waals surface area contributed by atoms with E-state index >= 15 is 0 Å². The Morgan fingerprint density at radius 3 is 2.91 bits per heavy atom. The lowest BCUT2D eigenvalue weighted by Gasteiger charge is -2.32. The molecule has 0 aliphatic carbocycles. The number of carbonyl (C=O) groups excluding carboxylic acids is 1. The fourth-order valence-electron chi connectivity index (χ4n) is 2.48. The van der Waals surface area contributed by atoms with Gasteiger partial charge in [0.2, 0.25) is 5.88 Å². The average Bonchev–Trinajstić information content (AvgIpc) is 2.86. The number of carbonyl (C=O) groups is 1. The second kappa shape index (κ2) is 6.19. The van der Waals surface area contributed by atoms with Crippen molar-refractivity contribution in [3.8, 4) is 5.88 Å². The summed E-state index contributed by atoms with van der Waals surface area (Å²) in [5, 5.41) is 4.23. The van der Waals surface area contributed by atoms with Crippen molar-refractivity contribution in [2.45, 2.75) is 23.7 Å². The van der Waals surface area contributed by atoms with Crippen LogP contribution in [-0.4, -0.2) is 34.1 Å². The van der Waals surface area contributed by atoms with Crippen LogP contribution in [0.4, 0.5) is 14.5 Å². The van der Waals surface area contributed by atoms with Crippen molar-refractivity contribution >= 4 is 23.4 Å². The number of benzene rings is 1. The van der Waals surface area contributed by atoms with Gasteiger partial charge in [-0.15, -0.1) is 11.8 Å². The maximum Gasteiger partial charge on any atom is 0.388 e. The van der Waals surface area contributed by atoms with Crippen LogP contribution in [0.25, 0.3) is 0 Å². The van der Waals surface area contributed by atoms with E-state index in [0.29, 0.717) is 6.54 Å². The van der Waals surface area contributed by atoms with Gasteiger partial charge in [-0.05, 0) is 12.1 Å². The molecule has 122 valence electrons. The smallest absolute Gasteiger partial charge is 0.388 e. The van der Waals surface area contributed by atoms with Gasteiger partial charge in [-0.25, -0.2) is 4.68 Å². The second-order valence-electron chi connectivity index (χ2n) is 5.18. The molecule has 23 heavy (non-hydrogen) atoms. The van der Waals surface area contributed by atoms with Crippen LogP contribution in [0.15, 0.2) is 35.2 Å². The van der Waals surface area contributed by atoms with Gasteiger partial charge in [0.1, 0.15) is 0 Å². The topological polar surface area (TPSA) is 47.4 Å². The number of amides is 1. The van der Waals surface area contributed by atoms with Crippen LogP contribution in [0, 0.1) is 0 Å². The number of aromatic nitrogens is 2. The number of halogens is 2. The van der Waals surface area contributed by atoms with Gasteiger partial charge in [0.25, 0.3) is 5.91 Å². The predicted molar refractivity (Wildman–Crippen MR) is 83.3 cm³/mol. The molecule has 1 aliphatic heterocycles. The quantitative estimate of drug-likeness (QED) is 0.862. The Hall–Kier alpha value is -2.09. The molecule has 0 radical (unpaired) electrons. The Morgan fingerprint density at radius 1 is 1.43 bits per heavy atom. The molecule has 2 heterocycles. The highest BCUT2D eigenvalue weighted by Crippen LogP contribution is 2.38. The monoisotopic (exact) mass is 339 g/mol. The van der Waals surface area contributed by atoms with Crippen molar-refractivity contribution in [1.29, 1.82) is 0 Å². The van der Waals surface area contributed by atoms with Crippen LogP contribution in [0.1, 0.15) is 17.4 Å². The van der Waals surface area contributed by atoms with Gasteiger partial charge in [-0.2, -0.15) is 13.9 Å². The van der Waals surface area contributed by atoms with E-state index in [4.69, 9.17) is 0 Å². The van der Waals surface area contributed by atoms with Gasteiger partial charge in [-0.1, -0.05) is 19.1 Å². The van der Waals surface area contributed by atoms with E-state index in [2.05, 4.69) is 9.84 Å². The van der Waals surface area contributed by atoms with Crippen molar-refractivity contribution in [2.24, 2.45) is 7.05 Å². The summed E-state index contributed by atoms with van der Waals surface area (Å²) < 4.78 is 30.2. The number of ether oxygens (including phenoxy) is 1. The first-order valence-corrected chi connectivity index (χ1v) is 7.90. The number of anilines is 1. The maximum absolute atomic E-state index is 12.8. The van der Waals surface area contributed by atoms with Crippen LogP contribution in [0.2, 0.25) is 0 Å². The second-order valence-corrected chi connectivity index (χ2v) is 6.66. The number of para-hydroxylation sites is 1. The third-order valence-corrected chi connectivity index (χ3v) is 4.59.